The van der Waals surface area contributed by atoms with Crippen molar-refractivity contribution in [2.75, 3.05) is 32.7 Å². The highest BCUT2D eigenvalue weighted by Crippen LogP contribution is 2.30. The molecule has 0 spiro atoms. The first-order valence-electron chi connectivity index (χ1n) is 7.58. The third-order valence-electron chi connectivity index (χ3n) is 4.83. The molecular formula is C14H27N3. The van der Waals surface area contributed by atoms with Crippen LogP contribution in [0.2, 0.25) is 0 Å². The van der Waals surface area contributed by atoms with E-state index in [4.69, 9.17) is 0 Å². The molecule has 2 saturated carbocycles. The Bertz CT molecular complexity index is 244. The fourth-order valence-electron chi connectivity index (χ4n) is 3.67. The lowest BCUT2D eigenvalue weighted by Crippen LogP contribution is -2.50. The fraction of sp³-hybridized carbons (Fsp3) is 1.00. The molecule has 0 aromatic heterocycles. The number of nitrogens with one attached hydrogen (secondary N) is 1. The van der Waals surface area contributed by atoms with Crippen LogP contribution in [0.1, 0.15) is 39.0 Å². The molecule has 3 nitrogen and oxygen atoms in total. The van der Waals surface area contributed by atoms with E-state index in [2.05, 4.69) is 22.0 Å². The number of nitrogens with zero attached hydrogens (tertiary/aromatic N) is 2. The number of hydrogen-bond donors (Lipinski definition) is 1. The van der Waals surface area contributed by atoms with Crippen molar-refractivity contribution in [1.29, 1.82) is 0 Å². The molecule has 3 heteroatoms. The average Bonchev–Trinajstić information content (AvgIpc) is 3.11. The molecule has 1 aliphatic heterocycles. The molecule has 0 radical (unpaired) electrons. The van der Waals surface area contributed by atoms with E-state index in [9.17, 15) is 0 Å². The monoisotopic (exact) mass is 237 g/mol. The lowest BCUT2D eigenvalue weighted by atomic mass is 10.1. The van der Waals surface area contributed by atoms with Crippen molar-refractivity contribution >= 4 is 0 Å². The van der Waals surface area contributed by atoms with Crippen LogP contribution in [0.3, 0.4) is 0 Å². The van der Waals surface area contributed by atoms with E-state index >= 15 is 0 Å². The quantitative estimate of drug-likeness (QED) is 0.795. The average molecular weight is 237 g/mol. The minimum atomic E-state index is 0.798. The predicted molar refractivity (Wildman–Crippen MR) is 71.3 cm³/mol. The van der Waals surface area contributed by atoms with Gasteiger partial charge in [0.1, 0.15) is 0 Å². The van der Waals surface area contributed by atoms with Crippen molar-refractivity contribution in [3.63, 3.8) is 0 Å². The maximum atomic E-state index is 3.61. The molecule has 0 amide bonds. The number of piperazine rings is 1. The van der Waals surface area contributed by atoms with Gasteiger partial charge in [-0.15, -0.1) is 0 Å². The van der Waals surface area contributed by atoms with Gasteiger partial charge in [-0.2, -0.15) is 0 Å². The Morgan fingerprint density at radius 1 is 0.882 bits per heavy atom. The number of rotatable bonds is 4. The van der Waals surface area contributed by atoms with E-state index in [0.29, 0.717) is 0 Å². The SMILES string of the molecule is CCNC1CCC(N2CCN(C3CC3)CC2)C1. The fourth-order valence-corrected chi connectivity index (χ4v) is 3.67. The standard InChI is InChI=1S/C14H27N3/c1-2-15-12-3-4-14(11-12)17-9-7-16(8-10-17)13-5-6-13/h12-15H,2-11H2,1H3. The van der Waals surface area contributed by atoms with E-state index in [1.807, 2.05) is 0 Å². The Labute approximate surface area is 106 Å². The van der Waals surface area contributed by atoms with Crippen LogP contribution in [0.25, 0.3) is 0 Å². The minimum Gasteiger partial charge on any atom is -0.314 e. The van der Waals surface area contributed by atoms with Crippen LogP contribution in [0.5, 0.6) is 0 Å². The summed E-state index contributed by atoms with van der Waals surface area (Å²) in [7, 11) is 0. The Hall–Kier alpha value is -0.120. The molecule has 2 aliphatic carbocycles. The molecule has 17 heavy (non-hydrogen) atoms. The first-order valence-corrected chi connectivity index (χ1v) is 7.58. The summed E-state index contributed by atoms with van der Waals surface area (Å²) in [5.74, 6) is 0. The van der Waals surface area contributed by atoms with Crippen LogP contribution in [0, 0.1) is 0 Å². The molecule has 1 heterocycles. The maximum Gasteiger partial charge on any atom is 0.0113 e. The summed E-state index contributed by atoms with van der Waals surface area (Å²) in [6, 6.07) is 2.64. The van der Waals surface area contributed by atoms with Crippen molar-refractivity contribution in [2.24, 2.45) is 0 Å². The van der Waals surface area contributed by atoms with E-state index in [1.165, 1.54) is 58.3 Å². The summed E-state index contributed by atoms with van der Waals surface area (Å²) >= 11 is 0. The summed E-state index contributed by atoms with van der Waals surface area (Å²) in [5, 5.41) is 3.61. The molecule has 3 aliphatic rings. The van der Waals surface area contributed by atoms with Gasteiger partial charge in [-0.1, -0.05) is 6.92 Å². The molecular weight excluding hydrogens is 210 g/mol. The van der Waals surface area contributed by atoms with Gasteiger partial charge in [-0.3, -0.25) is 9.80 Å². The van der Waals surface area contributed by atoms with Gasteiger partial charge in [0.15, 0.2) is 0 Å². The van der Waals surface area contributed by atoms with Gasteiger partial charge in [-0.05, 0) is 38.6 Å². The maximum absolute atomic E-state index is 3.61. The third-order valence-corrected chi connectivity index (χ3v) is 4.83. The second-order valence-electron chi connectivity index (χ2n) is 6.02. The van der Waals surface area contributed by atoms with E-state index < -0.39 is 0 Å². The van der Waals surface area contributed by atoms with Gasteiger partial charge >= 0.3 is 0 Å². The lowest BCUT2D eigenvalue weighted by Gasteiger charge is -2.38. The van der Waals surface area contributed by atoms with Gasteiger partial charge in [-0.25, -0.2) is 0 Å². The van der Waals surface area contributed by atoms with Crippen LogP contribution < -0.4 is 5.32 Å². The summed E-state index contributed by atoms with van der Waals surface area (Å²) < 4.78 is 0. The largest absolute Gasteiger partial charge is 0.314 e. The van der Waals surface area contributed by atoms with E-state index in [1.54, 1.807) is 0 Å². The van der Waals surface area contributed by atoms with Crippen LogP contribution in [0.4, 0.5) is 0 Å². The smallest absolute Gasteiger partial charge is 0.0113 e. The second kappa shape index (κ2) is 5.25. The van der Waals surface area contributed by atoms with Crippen molar-refractivity contribution < 1.29 is 0 Å². The highest BCUT2D eigenvalue weighted by atomic mass is 15.3. The molecule has 1 saturated heterocycles. The number of hydrogen-bond acceptors (Lipinski definition) is 3. The van der Waals surface area contributed by atoms with Crippen LogP contribution in [-0.4, -0.2) is 60.6 Å². The van der Waals surface area contributed by atoms with Crippen LogP contribution >= 0.6 is 0 Å². The minimum absolute atomic E-state index is 0.798. The van der Waals surface area contributed by atoms with Gasteiger partial charge in [0, 0.05) is 44.3 Å². The van der Waals surface area contributed by atoms with Crippen molar-refractivity contribution in [3.05, 3.63) is 0 Å². The van der Waals surface area contributed by atoms with E-state index in [-0.39, 0.29) is 0 Å². The molecule has 2 atom stereocenters. The molecule has 2 unspecified atom stereocenters. The van der Waals surface area contributed by atoms with Gasteiger partial charge in [0.25, 0.3) is 0 Å². The normalized spacial score (nSPS) is 36.5. The molecule has 0 bridgehead atoms. The Kier molecular flexibility index (Phi) is 3.69. The van der Waals surface area contributed by atoms with Gasteiger partial charge in [0.2, 0.25) is 0 Å². The van der Waals surface area contributed by atoms with Crippen LogP contribution in [0.15, 0.2) is 0 Å². The first-order chi connectivity index (χ1) is 8.36. The topological polar surface area (TPSA) is 18.5 Å². The zero-order chi connectivity index (χ0) is 11.7. The van der Waals surface area contributed by atoms with Crippen molar-refractivity contribution in [1.82, 2.24) is 15.1 Å². The molecule has 0 aromatic carbocycles. The predicted octanol–water partition coefficient (Wildman–Crippen LogP) is 1.30. The lowest BCUT2D eigenvalue weighted by molar-refractivity contribution is 0.0924. The summed E-state index contributed by atoms with van der Waals surface area (Å²) in [4.78, 5) is 5.48. The summed E-state index contributed by atoms with van der Waals surface area (Å²) in [6.07, 6.45) is 7.12. The zero-order valence-electron chi connectivity index (χ0n) is 11.2. The highest BCUT2D eigenvalue weighted by Gasteiger charge is 2.34. The van der Waals surface area contributed by atoms with Crippen LogP contribution in [-0.2, 0) is 0 Å². The molecule has 3 fully saturated rings. The molecule has 3 rings (SSSR count). The molecule has 1 N–H and O–H groups in total. The second-order valence-corrected chi connectivity index (χ2v) is 6.02. The van der Waals surface area contributed by atoms with Gasteiger partial charge < -0.3 is 5.32 Å². The summed E-state index contributed by atoms with van der Waals surface area (Å²) in [6.45, 7) is 8.65. The van der Waals surface area contributed by atoms with Crippen molar-refractivity contribution in [2.45, 2.75) is 57.2 Å². The van der Waals surface area contributed by atoms with Crippen molar-refractivity contribution in [3.8, 4) is 0 Å². The summed E-state index contributed by atoms with van der Waals surface area (Å²) in [5.41, 5.74) is 0. The Morgan fingerprint density at radius 2 is 1.47 bits per heavy atom. The third kappa shape index (κ3) is 2.83. The van der Waals surface area contributed by atoms with Gasteiger partial charge in [0.05, 0.1) is 0 Å². The Balaban J connectivity index is 1.43. The first kappa shape index (κ1) is 11.9. The molecule has 98 valence electrons. The molecule has 0 aromatic rings. The van der Waals surface area contributed by atoms with E-state index in [0.717, 1.165) is 24.7 Å². The highest BCUT2D eigenvalue weighted by molar-refractivity contribution is 4.92. The Morgan fingerprint density at radius 3 is 2.06 bits per heavy atom. The zero-order valence-corrected chi connectivity index (χ0v) is 11.2.